The van der Waals surface area contributed by atoms with E-state index >= 15 is 0 Å². The van der Waals surface area contributed by atoms with Gasteiger partial charge in [0, 0.05) is 0 Å². The summed E-state index contributed by atoms with van der Waals surface area (Å²) in [6, 6.07) is 0. The number of hydrogen-bond acceptors (Lipinski definition) is 0. The van der Waals surface area contributed by atoms with Crippen LogP contribution in [0.15, 0.2) is 0 Å². The average Bonchev–Trinajstić information content (AvgIpc) is 2.76. The fraction of sp³-hybridized carbons (Fsp3) is 1.00. The lowest BCUT2D eigenvalue weighted by atomic mass is 9.88. The van der Waals surface area contributed by atoms with Crippen molar-refractivity contribution in [1.29, 1.82) is 0 Å². The van der Waals surface area contributed by atoms with Crippen LogP contribution in [0.2, 0.25) is 0 Å². The quantitative estimate of drug-likeness (QED) is 0.582. The molecule has 72 valence electrons. The van der Waals surface area contributed by atoms with Crippen molar-refractivity contribution in [2.24, 2.45) is 23.7 Å². The molecule has 0 aromatic rings. The lowest BCUT2D eigenvalue weighted by molar-refractivity contribution is 0.329. The molecule has 0 nitrogen and oxygen atoms in total. The van der Waals surface area contributed by atoms with E-state index in [9.17, 15) is 0 Å². The Morgan fingerprint density at radius 3 is 2.00 bits per heavy atom. The Labute approximate surface area is 77.7 Å². The minimum Gasteiger partial charge on any atom is -0.0683 e. The van der Waals surface area contributed by atoms with Crippen LogP contribution in [-0.4, -0.2) is 0 Å². The van der Waals surface area contributed by atoms with Crippen LogP contribution in [0.3, 0.4) is 0 Å². The predicted octanol–water partition coefficient (Wildman–Crippen LogP) is 4.10. The summed E-state index contributed by atoms with van der Waals surface area (Å²) in [5.74, 6) is 4.47. The minimum absolute atomic E-state index is 1.01. The molecule has 0 spiro atoms. The van der Waals surface area contributed by atoms with Crippen molar-refractivity contribution in [3.8, 4) is 0 Å². The third-order valence-corrected chi connectivity index (χ3v) is 3.73. The fourth-order valence-electron chi connectivity index (χ4n) is 2.56. The van der Waals surface area contributed by atoms with Gasteiger partial charge in [0.15, 0.2) is 0 Å². The summed E-state index contributed by atoms with van der Waals surface area (Å²) in [5.41, 5.74) is 0. The molecule has 0 saturated heterocycles. The molecule has 2 saturated carbocycles. The van der Waals surface area contributed by atoms with E-state index in [1.807, 2.05) is 13.8 Å². The Bertz CT molecular complexity index is 118. The van der Waals surface area contributed by atoms with Gasteiger partial charge in [0.25, 0.3) is 0 Å². The summed E-state index contributed by atoms with van der Waals surface area (Å²) in [4.78, 5) is 0. The Balaban J connectivity index is 0.000000336. The predicted molar refractivity (Wildman–Crippen MR) is 55.1 cm³/mol. The maximum atomic E-state index is 2.43. The summed E-state index contributed by atoms with van der Waals surface area (Å²) < 4.78 is 0. The third kappa shape index (κ3) is 2.02. The molecule has 0 aromatic heterocycles. The maximum absolute atomic E-state index is 2.43. The molecule has 2 rings (SSSR count). The summed E-state index contributed by atoms with van der Waals surface area (Å²) in [7, 11) is 0. The van der Waals surface area contributed by atoms with Crippen LogP contribution < -0.4 is 0 Å². The van der Waals surface area contributed by atoms with Gasteiger partial charge in [0.1, 0.15) is 0 Å². The summed E-state index contributed by atoms with van der Waals surface area (Å²) in [6.45, 7) is 8.75. The van der Waals surface area contributed by atoms with Gasteiger partial charge in [-0.05, 0) is 42.9 Å². The van der Waals surface area contributed by atoms with Crippen molar-refractivity contribution in [3.05, 3.63) is 0 Å². The Morgan fingerprint density at radius 2 is 1.58 bits per heavy atom. The topological polar surface area (TPSA) is 0 Å². The molecule has 0 bridgehead atoms. The summed E-state index contributed by atoms with van der Waals surface area (Å²) in [5, 5.41) is 0. The van der Waals surface area contributed by atoms with E-state index in [0.29, 0.717) is 0 Å². The molecule has 3 atom stereocenters. The molecular formula is C12H24. The number of hydrogen-bond donors (Lipinski definition) is 0. The Kier molecular flexibility index (Phi) is 3.61. The molecule has 0 amide bonds. The average molecular weight is 168 g/mol. The smallest absolute Gasteiger partial charge is 0.0380 e. The van der Waals surface area contributed by atoms with Gasteiger partial charge in [-0.1, -0.05) is 34.1 Å². The van der Waals surface area contributed by atoms with Gasteiger partial charge >= 0.3 is 0 Å². The van der Waals surface area contributed by atoms with Crippen molar-refractivity contribution in [1.82, 2.24) is 0 Å². The molecule has 0 heterocycles. The first-order chi connectivity index (χ1) is 5.81. The van der Waals surface area contributed by atoms with E-state index in [-0.39, 0.29) is 0 Å². The Hall–Kier alpha value is 0. The first-order valence-electron chi connectivity index (χ1n) is 5.81. The van der Waals surface area contributed by atoms with Crippen molar-refractivity contribution in [2.45, 2.75) is 53.4 Å². The van der Waals surface area contributed by atoms with Gasteiger partial charge < -0.3 is 0 Å². The third-order valence-electron chi connectivity index (χ3n) is 3.73. The van der Waals surface area contributed by atoms with Crippen molar-refractivity contribution < 1.29 is 0 Å². The minimum atomic E-state index is 1.01. The molecule has 0 aromatic carbocycles. The van der Waals surface area contributed by atoms with Gasteiger partial charge in [0.2, 0.25) is 0 Å². The van der Waals surface area contributed by atoms with Crippen molar-refractivity contribution in [2.75, 3.05) is 0 Å². The second-order valence-corrected chi connectivity index (χ2v) is 4.37. The molecule has 0 N–H and O–H groups in total. The molecule has 2 aliphatic carbocycles. The molecular weight excluding hydrogens is 144 g/mol. The highest BCUT2D eigenvalue weighted by molar-refractivity contribution is 4.96. The molecule has 2 fully saturated rings. The molecule has 0 aliphatic heterocycles. The molecule has 0 radical (unpaired) electrons. The van der Waals surface area contributed by atoms with Crippen LogP contribution in [0.1, 0.15) is 53.4 Å². The molecule has 0 heteroatoms. The van der Waals surface area contributed by atoms with E-state index in [2.05, 4.69) is 13.8 Å². The van der Waals surface area contributed by atoms with Crippen molar-refractivity contribution in [3.63, 3.8) is 0 Å². The highest BCUT2D eigenvalue weighted by Crippen LogP contribution is 2.56. The van der Waals surface area contributed by atoms with E-state index in [1.54, 1.807) is 19.3 Å². The van der Waals surface area contributed by atoms with Crippen LogP contribution in [-0.2, 0) is 0 Å². The lowest BCUT2D eigenvalue weighted by Crippen LogP contribution is -2.08. The molecule has 3 unspecified atom stereocenters. The highest BCUT2D eigenvalue weighted by Gasteiger charge is 2.46. The van der Waals surface area contributed by atoms with Crippen molar-refractivity contribution >= 4 is 0 Å². The zero-order chi connectivity index (χ0) is 9.14. The van der Waals surface area contributed by atoms with Gasteiger partial charge in [-0.2, -0.15) is 0 Å². The second-order valence-electron chi connectivity index (χ2n) is 4.37. The molecule has 2 aliphatic rings. The van der Waals surface area contributed by atoms with Gasteiger partial charge in [-0.15, -0.1) is 0 Å². The van der Waals surface area contributed by atoms with Crippen LogP contribution in [0.25, 0.3) is 0 Å². The summed E-state index contributed by atoms with van der Waals surface area (Å²) >= 11 is 0. The standard InChI is InChI=1S/C10H18.C2H6/c1-3-7(2)8-4-9-6-10(9)5-8;1-2/h7-10H,3-6H2,1-2H3;1-2H3. The van der Waals surface area contributed by atoms with Crippen LogP contribution in [0.5, 0.6) is 0 Å². The van der Waals surface area contributed by atoms with Crippen LogP contribution >= 0.6 is 0 Å². The van der Waals surface area contributed by atoms with Gasteiger partial charge in [0.05, 0.1) is 0 Å². The first kappa shape index (κ1) is 10.1. The fourth-order valence-corrected chi connectivity index (χ4v) is 2.56. The normalized spacial score (nSPS) is 39.5. The SMILES string of the molecule is CC.CCC(C)C1CC2CC2C1. The Morgan fingerprint density at radius 1 is 1.08 bits per heavy atom. The van der Waals surface area contributed by atoms with E-state index in [1.165, 1.54) is 18.3 Å². The second kappa shape index (κ2) is 4.30. The van der Waals surface area contributed by atoms with Crippen LogP contribution in [0.4, 0.5) is 0 Å². The van der Waals surface area contributed by atoms with E-state index in [4.69, 9.17) is 0 Å². The van der Waals surface area contributed by atoms with Gasteiger partial charge in [-0.3, -0.25) is 0 Å². The van der Waals surface area contributed by atoms with Crippen LogP contribution in [0, 0.1) is 23.7 Å². The number of fused-ring (bicyclic) bond motifs is 1. The zero-order valence-corrected chi connectivity index (χ0v) is 9.14. The summed E-state index contributed by atoms with van der Waals surface area (Å²) in [6.07, 6.45) is 6.11. The first-order valence-corrected chi connectivity index (χ1v) is 5.81. The largest absolute Gasteiger partial charge is 0.0683 e. The van der Waals surface area contributed by atoms with Gasteiger partial charge in [-0.25, -0.2) is 0 Å². The van der Waals surface area contributed by atoms with E-state index in [0.717, 1.165) is 11.8 Å². The number of rotatable bonds is 2. The highest BCUT2D eigenvalue weighted by atomic mass is 14.5. The zero-order valence-electron chi connectivity index (χ0n) is 9.14. The molecule has 12 heavy (non-hydrogen) atoms. The van der Waals surface area contributed by atoms with E-state index < -0.39 is 0 Å². The maximum Gasteiger partial charge on any atom is -0.0380 e. The monoisotopic (exact) mass is 168 g/mol. The lowest BCUT2D eigenvalue weighted by Gasteiger charge is -2.18.